The summed E-state index contributed by atoms with van der Waals surface area (Å²) in [5.41, 5.74) is 7.20. The van der Waals surface area contributed by atoms with Crippen molar-refractivity contribution in [3.05, 3.63) is 71.8 Å². The van der Waals surface area contributed by atoms with Crippen molar-refractivity contribution in [1.82, 2.24) is 0 Å². The molecule has 0 aromatic heterocycles. The van der Waals surface area contributed by atoms with Gasteiger partial charge in [-0.3, -0.25) is 0 Å². The Morgan fingerprint density at radius 2 is 1.80 bits per heavy atom. The third kappa shape index (κ3) is 2.90. The second-order valence-electron chi connectivity index (χ2n) is 6.95. The van der Waals surface area contributed by atoms with E-state index in [1.165, 1.54) is 34.6 Å². The first-order chi connectivity index (χ1) is 12.3. The first-order valence-electron chi connectivity index (χ1n) is 9.54. The van der Waals surface area contributed by atoms with Crippen LogP contribution in [-0.4, -0.2) is 29.4 Å². The highest BCUT2D eigenvalue weighted by atomic mass is 15.2. The number of anilines is 1. The minimum atomic E-state index is 0.595. The Morgan fingerprint density at radius 1 is 1.04 bits per heavy atom. The summed E-state index contributed by atoms with van der Waals surface area (Å²) in [5.74, 6) is 0. The molecule has 2 aliphatic rings. The van der Waals surface area contributed by atoms with E-state index in [9.17, 15) is 0 Å². The Labute approximate surface area is 151 Å². The molecule has 0 bridgehead atoms. The van der Waals surface area contributed by atoms with Crippen molar-refractivity contribution in [2.24, 2.45) is 0 Å². The summed E-state index contributed by atoms with van der Waals surface area (Å²) in [6, 6.07) is 18.2. The van der Waals surface area contributed by atoms with Crippen LogP contribution in [0.15, 0.2) is 60.7 Å². The summed E-state index contributed by atoms with van der Waals surface area (Å²) >= 11 is 0. The molecule has 2 nitrogen and oxygen atoms in total. The molecular weight excluding hydrogens is 304 g/mol. The molecule has 0 aliphatic carbocycles. The van der Waals surface area contributed by atoms with Crippen LogP contribution in [-0.2, 0) is 12.8 Å². The van der Waals surface area contributed by atoms with Crippen molar-refractivity contribution in [2.75, 3.05) is 18.0 Å². The fourth-order valence-electron chi connectivity index (χ4n) is 4.42. The normalized spacial score (nSPS) is 19.0. The number of benzene rings is 2. The largest absolute Gasteiger partial charge is 0.368 e. The van der Waals surface area contributed by atoms with E-state index in [-0.39, 0.29) is 0 Å². The summed E-state index contributed by atoms with van der Waals surface area (Å²) in [4.78, 5) is 2.56. The van der Waals surface area contributed by atoms with Gasteiger partial charge in [0.25, 0.3) is 0 Å². The summed E-state index contributed by atoms with van der Waals surface area (Å²) in [6.07, 6.45) is 8.09. The Balaban J connectivity index is 1.49. The summed E-state index contributed by atoms with van der Waals surface area (Å²) in [5, 5.41) is 0. The van der Waals surface area contributed by atoms with Gasteiger partial charge in [0, 0.05) is 36.0 Å². The lowest BCUT2D eigenvalue weighted by atomic mass is 10.1. The molecule has 25 heavy (non-hydrogen) atoms. The minimum absolute atomic E-state index is 0.595. The van der Waals surface area contributed by atoms with Crippen LogP contribution in [0.5, 0.6) is 0 Å². The second kappa shape index (κ2) is 6.87. The number of hydrogen-bond acceptors (Lipinski definition) is 1. The van der Waals surface area contributed by atoms with Gasteiger partial charge >= 0.3 is 0 Å². The number of rotatable bonds is 5. The molecule has 2 aromatic carbocycles. The number of para-hydroxylation sites is 2. The van der Waals surface area contributed by atoms with E-state index in [0.717, 1.165) is 25.9 Å². The lowest BCUT2D eigenvalue weighted by Gasteiger charge is -2.25. The average Bonchev–Trinajstić information content (AvgIpc) is 3.18. The number of nitrogens with zero attached hydrogens (tertiary/aromatic N) is 2. The lowest BCUT2D eigenvalue weighted by molar-refractivity contribution is -0.432. The van der Waals surface area contributed by atoms with Crippen molar-refractivity contribution >= 4 is 17.1 Å². The van der Waals surface area contributed by atoms with E-state index >= 15 is 0 Å². The number of hydrogen-bond donors (Lipinski definition) is 0. The van der Waals surface area contributed by atoms with Gasteiger partial charge in [0.15, 0.2) is 5.71 Å². The van der Waals surface area contributed by atoms with E-state index in [2.05, 4.69) is 84.0 Å². The topological polar surface area (TPSA) is 6.25 Å². The van der Waals surface area contributed by atoms with Gasteiger partial charge in [-0.25, -0.2) is 0 Å². The van der Waals surface area contributed by atoms with E-state index in [0.29, 0.717) is 6.04 Å². The first-order valence-corrected chi connectivity index (χ1v) is 9.54. The molecule has 2 aliphatic heterocycles. The standard InChI is InChI=1S/C23H27N2/c1-3-24-20(16-18-10-5-7-14-22(18)24)12-9-13-21-17-19-11-6-8-15-23(19)25(21)4-2/h5-12,14-15,21H,3-4,13,16-17H2,1-2H3/q+1/b12-9+. The minimum Gasteiger partial charge on any atom is -0.368 e. The van der Waals surface area contributed by atoms with Crippen molar-refractivity contribution < 1.29 is 4.58 Å². The van der Waals surface area contributed by atoms with E-state index in [4.69, 9.17) is 0 Å². The van der Waals surface area contributed by atoms with Gasteiger partial charge < -0.3 is 4.90 Å². The third-order valence-electron chi connectivity index (χ3n) is 5.57. The van der Waals surface area contributed by atoms with E-state index < -0.39 is 0 Å². The van der Waals surface area contributed by atoms with Gasteiger partial charge in [-0.2, -0.15) is 4.58 Å². The van der Waals surface area contributed by atoms with Crippen LogP contribution in [0.2, 0.25) is 0 Å². The Bertz CT molecular complexity index is 831. The van der Waals surface area contributed by atoms with Crippen molar-refractivity contribution in [3.63, 3.8) is 0 Å². The molecule has 0 N–H and O–H groups in total. The van der Waals surface area contributed by atoms with Crippen molar-refractivity contribution in [1.29, 1.82) is 0 Å². The molecule has 4 rings (SSSR count). The van der Waals surface area contributed by atoms with Gasteiger partial charge in [-0.1, -0.05) is 42.5 Å². The second-order valence-corrected chi connectivity index (χ2v) is 6.95. The molecule has 0 radical (unpaired) electrons. The zero-order valence-electron chi connectivity index (χ0n) is 15.3. The Kier molecular flexibility index (Phi) is 4.44. The highest BCUT2D eigenvalue weighted by Gasteiger charge is 2.28. The van der Waals surface area contributed by atoms with Gasteiger partial charge in [0.1, 0.15) is 6.54 Å². The van der Waals surface area contributed by atoms with E-state index in [1.54, 1.807) is 0 Å². The Morgan fingerprint density at radius 3 is 2.60 bits per heavy atom. The number of likely N-dealkylation sites (N-methyl/N-ethyl adjacent to an activating group) is 1. The predicted molar refractivity (Wildman–Crippen MR) is 106 cm³/mol. The van der Waals surface area contributed by atoms with Gasteiger partial charge in [-0.05, 0) is 38.3 Å². The Hall–Kier alpha value is -2.35. The number of allylic oxidation sites excluding steroid dienone is 1. The van der Waals surface area contributed by atoms with Gasteiger partial charge in [0.05, 0.1) is 6.42 Å². The summed E-state index contributed by atoms with van der Waals surface area (Å²) < 4.78 is 2.45. The molecule has 0 spiro atoms. The van der Waals surface area contributed by atoms with Crippen LogP contribution in [0.4, 0.5) is 11.4 Å². The fraction of sp³-hybridized carbons (Fsp3) is 0.348. The zero-order valence-corrected chi connectivity index (χ0v) is 15.3. The maximum Gasteiger partial charge on any atom is 0.209 e. The van der Waals surface area contributed by atoms with Crippen LogP contribution in [0.25, 0.3) is 0 Å². The van der Waals surface area contributed by atoms with Gasteiger partial charge in [-0.15, -0.1) is 0 Å². The van der Waals surface area contributed by atoms with Crippen LogP contribution in [0, 0.1) is 0 Å². The average molecular weight is 331 g/mol. The monoisotopic (exact) mass is 331 g/mol. The highest BCUT2D eigenvalue weighted by molar-refractivity contribution is 5.96. The summed E-state index contributed by atoms with van der Waals surface area (Å²) in [6.45, 7) is 6.62. The molecule has 1 atom stereocenters. The molecule has 0 fully saturated rings. The van der Waals surface area contributed by atoms with Crippen LogP contribution in [0.1, 0.15) is 31.4 Å². The molecule has 0 saturated heterocycles. The first kappa shape index (κ1) is 16.1. The smallest absolute Gasteiger partial charge is 0.209 e. The fourth-order valence-corrected chi connectivity index (χ4v) is 4.42. The van der Waals surface area contributed by atoms with Crippen LogP contribution >= 0.6 is 0 Å². The quantitative estimate of drug-likeness (QED) is 0.717. The van der Waals surface area contributed by atoms with Gasteiger partial charge in [0.2, 0.25) is 5.69 Å². The van der Waals surface area contributed by atoms with Crippen molar-refractivity contribution in [2.45, 2.75) is 39.2 Å². The molecule has 128 valence electrons. The molecule has 2 aromatic rings. The summed E-state index contributed by atoms with van der Waals surface area (Å²) in [7, 11) is 0. The molecule has 0 amide bonds. The maximum absolute atomic E-state index is 2.56. The third-order valence-corrected chi connectivity index (χ3v) is 5.57. The number of fused-ring (bicyclic) bond motifs is 2. The predicted octanol–water partition coefficient (Wildman–Crippen LogP) is 4.75. The zero-order chi connectivity index (χ0) is 17.2. The van der Waals surface area contributed by atoms with E-state index in [1.807, 2.05) is 0 Å². The highest BCUT2D eigenvalue weighted by Crippen LogP contribution is 2.33. The molecule has 1 unspecified atom stereocenters. The molecule has 2 heteroatoms. The molecular formula is C23H27N2+. The molecule has 0 saturated carbocycles. The SMILES string of the molecule is CCN1c2ccccc2CC1C/C=C/C1=[N+](CC)c2ccccc2C1. The maximum atomic E-state index is 2.56. The molecule has 2 heterocycles. The van der Waals surface area contributed by atoms with Crippen molar-refractivity contribution in [3.8, 4) is 0 Å². The lowest BCUT2D eigenvalue weighted by Crippen LogP contribution is -2.31. The van der Waals surface area contributed by atoms with Crippen LogP contribution in [0.3, 0.4) is 0 Å². The van der Waals surface area contributed by atoms with Crippen LogP contribution < -0.4 is 4.90 Å².